The molecule has 6 nitrogen and oxygen atoms in total. The normalized spacial score (nSPS) is 20.9. The number of hydrogen-bond acceptors (Lipinski definition) is 5. The molecule has 7 heteroatoms. The van der Waals surface area contributed by atoms with E-state index in [-0.39, 0.29) is 18.1 Å². The topological polar surface area (TPSA) is 74.6 Å². The van der Waals surface area contributed by atoms with Gasteiger partial charge in [-0.25, -0.2) is 0 Å². The molecule has 0 unspecified atom stereocenters. The fourth-order valence-corrected chi connectivity index (χ4v) is 5.54. The molecule has 0 N–H and O–H groups in total. The van der Waals surface area contributed by atoms with E-state index < -0.39 is 11.3 Å². The van der Waals surface area contributed by atoms with Crippen LogP contribution in [0.1, 0.15) is 94.7 Å². The van der Waals surface area contributed by atoms with E-state index in [0.717, 1.165) is 58.4 Å². The van der Waals surface area contributed by atoms with Crippen LogP contribution in [0.25, 0.3) is 11.1 Å². The quantitative estimate of drug-likeness (QED) is 0.268. The highest BCUT2D eigenvalue weighted by atomic mass is 16.5. The van der Waals surface area contributed by atoms with Crippen LogP contribution in [0.4, 0.5) is 0 Å². The summed E-state index contributed by atoms with van der Waals surface area (Å²) in [6.07, 6.45) is 2.95. The first-order valence-corrected chi connectivity index (χ1v) is 13.6. The molecule has 0 aliphatic carbocycles. The standard InChI is InChI=1S/C31H36BNO5/c1-7-11-27(34)38-20-13-12-19(6)22(14-20)21(9-3)23-16-33-26(28(23)18(5)8-2)15-25-24(29(33)35)17-37-30(36)31(25,32)10-4/h12-15H,7-11,16-17H2,1-6H3/b23-21-,28-18-/t31-/m0/s1. The number of carbonyl (C=O) groups excluding carboxylic acids is 2. The highest BCUT2D eigenvalue weighted by molar-refractivity contribution is 6.28. The Morgan fingerprint density at radius 2 is 1.87 bits per heavy atom. The van der Waals surface area contributed by atoms with Gasteiger partial charge in [0.15, 0.2) is 0 Å². The molecule has 0 saturated heterocycles. The summed E-state index contributed by atoms with van der Waals surface area (Å²) in [5, 5.41) is -1.35. The van der Waals surface area contributed by atoms with E-state index in [1.165, 1.54) is 0 Å². The number of rotatable bonds is 7. The summed E-state index contributed by atoms with van der Waals surface area (Å²) in [6, 6.07) is 7.66. The van der Waals surface area contributed by atoms with E-state index in [4.69, 9.17) is 17.3 Å². The van der Waals surface area contributed by atoms with E-state index in [2.05, 4.69) is 20.8 Å². The zero-order valence-corrected chi connectivity index (χ0v) is 23.3. The third kappa shape index (κ3) is 4.57. The van der Waals surface area contributed by atoms with Crippen LogP contribution in [0.3, 0.4) is 0 Å². The van der Waals surface area contributed by atoms with Gasteiger partial charge in [-0.1, -0.05) is 39.3 Å². The van der Waals surface area contributed by atoms with Crippen molar-refractivity contribution in [2.45, 2.75) is 92.1 Å². The van der Waals surface area contributed by atoms with Gasteiger partial charge in [-0.15, -0.1) is 0 Å². The number of aryl methyl sites for hydroxylation is 1. The minimum absolute atomic E-state index is 0.0675. The zero-order valence-electron chi connectivity index (χ0n) is 23.3. The highest BCUT2D eigenvalue weighted by Crippen LogP contribution is 2.44. The molecule has 0 bridgehead atoms. The van der Waals surface area contributed by atoms with Gasteiger partial charge in [-0.05, 0) is 85.6 Å². The number of carbonyl (C=O) groups is 2. The highest BCUT2D eigenvalue weighted by Gasteiger charge is 2.42. The van der Waals surface area contributed by atoms with Gasteiger partial charge in [-0.3, -0.25) is 14.4 Å². The Balaban J connectivity index is 1.95. The van der Waals surface area contributed by atoms with E-state index >= 15 is 0 Å². The Labute approximate surface area is 226 Å². The van der Waals surface area contributed by atoms with E-state index in [1.807, 2.05) is 45.0 Å². The van der Waals surface area contributed by atoms with Crippen LogP contribution in [0, 0.1) is 6.92 Å². The van der Waals surface area contributed by atoms with Crippen LogP contribution in [-0.4, -0.2) is 24.4 Å². The molecule has 38 heavy (non-hydrogen) atoms. The second-order valence-corrected chi connectivity index (χ2v) is 10.2. The van der Waals surface area contributed by atoms with Crippen LogP contribution in [0.15, 0.2) is 40.2 Å². The van der Waals surface area contributed by atoms with Crippen LogP contribution < -0.4 is 10.3 Å². The number of pyridine rings is 1. The Hall–Kier alpha value is -3.35. The van der Waals surface area contributed by atoms with Gasteiger partial charge < -0.3 is 14.0 Å². The molecule has 2 aliphatic rings. The summed E-state index contributed by atoms with van der Waals surface area (Å²) in [5.74, 6) is -0.232. The predicted octanol–water partition coefficient (Wildman–Crippen LogP) is 5.75. The van der Waals surface area contributed by atoms with Gasteiger partial charge in [0.1, 0.15) is 12.4 Å². The lowest BCUT2D eigenvalue weighted by Crippen LogP contribution is -2.45. The SMILES string of the molecule is [B][C@]1(CC)C(=O)OCc2c1cc1n(c2=O)CC(=C(\CC)c2cc(OC(=O)CCC)ccc2C)/C1=C(\C)CC. The van der Waals surface area contributed by atoms with Gasteiger partial charge in [0.2, 0.25) is 0 Å². The van der Waals surface area contributed by atoms with Crippen molar-refractivity contribution in [1.29, 1.82) is 0 Å². The lowest BCUT2D eigenvalue weighted by molar-refractivity contribution is -0.150. The van der Waals surface area contributed by atoms with Gasteiger partial charge in [0.25, 0.3) is 5.56 Å². The van der Waals surface area contributed by atoms with Crippen LogP contribution in [-0.2, 0) is 32.8 Å². The third-order valence-corrected chi connectivity index (χ3v) is 7.92. The Bertz CT molecular complexity index is 1430. The minimum Gasteiger partial charge on any atom is -0.460 e. The molecule has 0 spiro atoms. The number of esters is 2. The molecule has 2 aliphatic heterocycles. The molecule has 2 aromatic rings. The van der Waals surface area contributed by atoms with Crippen LogP contribution in [0.2, 0.25) is 0 Å². The summed E-state index contributed by atoms with van der Waals surface area (Å²) in [5.41, 5.74) is 8.03. The van der Waals surface area contributed by atoms with Crippen molar-refractivity contribution >= 4 is 30.9 Å². The van der Waals surface area contributed by atoms with Crippen molar-refractivity contribution in [2.75, 3.05) is 0 Å². The van der Waals surface area contributed by atoms with E-state index in [0.29, 0.717) is 36.3 Å². The molecule has 0 fully saturated rings. The van der Waals surface area contributed by atoms with Gasteiger partial charge >= 0.3 is 11.9 Å². The van der Waals surface area contributed by atoms with Crippen molar-refractivity contribution in [1.82, 2.24) is 4.57 Å². The van der Waals surface area contributed by atoms with Gasteiger partial charge in [0, 0.05) is 12.0 Å². The molecule has 1 atom stereocenters. The number of hydrogen-bond donors (Lipinski definition) is 0. The number of nitrogens with zero attached hydrogens (tertiary/aromatic N) is 1. The fourth-order valence-electron chi connectivity index (χ4n) is 5.54. The average Bonchev–Trinajstić information content (AvgIpc) is 3.28. The third-order valence-electron chi connectivity index (χ3n) is 7.92. The van der Waals surface area contributed by atoms with E-state index in [1.54, 1.807) is 4.57 Å². The smallest absolute Gasteiger partial charge is 0.311 e. The zero-order chi connectivity index (χ0) is 27.8. The Morgan fingerprint density at radius 1 is 1.13 bits per heavy atom. The number of allylic oxidation sites excluding steroid dienone is 4. The molecule has 0 amide bonds. The van der Waals surface area contributed by atoms with Crippen molar-refractivity contribution in [3.8, 4) is 5.75 Å². The second kappa shape index (κ2) is 10.8. The summed E-state index contributed by atoms with van der Waals surface area (Å²) in [4.78, 5) is 38.6. The average molecular weight is 513 g/mol. The maximum atomic E-state index is 13.8. The van der Waals surface area contributed by atoms with Gasteiger partial charge in [0.05, 0.1) is 31.0 Å². The summed E-state index contributed by atoms with van der Waals surface area (Å²) in [6.45, 7) is 12.4. The van der Waals surface area contributed by atoms with Gasteiger partial charge in [-0.2, -0.15) is 0 Å². The second-order valence-electron chi connectivity index (χ2n) is 10.2. The molecule has 1 aromatic heterocycles. The van der Waals surface area contributed by atoms with Crippen molar-refractivity contribution < 1.29 is 19.1 Å². The number of cyclic esters (lactones) is 1. The monoisotopic (exact) mass is 513 g/mol. The number of aromatic nitrogens is 1. The van der Waals surface area contributed by atoms with Crippen molar-refractivity contribution in [3.05, 3.63) is 73.7 Å². The maximum absolute atomic E-state index is 13.8. The maximum Gasteiger partial charge on any atom is 0.311 e. The summed E-state index contributed by atoms with van der Waals surface area (Å²) < 4.78 is 12.7. The van der Waals surface area contributed by atoms with Crippen LogP contribution >= 0.6 is 0 Å². The first-order chi connectivity index (χ1) is 18.1. The first kappa shape index (κ1) is 27.7. The lowest BCUT2D eigenvalue weighted by atomic mass is 9.60. The van der Waals surface area contributed by atoms with E-state index in [9.17, 15) is 14.4 Å². The summed E-state index contributed by atoms with van der Waals surface area (Å²) in [7, 11) is 6.55. The lowest BCUT2D eigenvalue weighted by Gasteiger charge is -2.33. The first-order valence-electron chi connectivity index (χ1n) is 13.6. The molecule has 1 aromatic carbocycles. The number of fused-ring (bicyclic) bond motifs is 2. The Kier molecular flexibility index (Phi) is 7.87. The molecule has 3 heterocycles. The summed E-state index contributed by atoms with van der Waals surface area (Å²) >= 11 is 0. The van der Waals surface area contributed by atoms with Crippen molar-refractivity contribution in [2.24, 2.45) is 0 Å². The number of ether oxygens (including phenoxy) is 2. The molecular formula is C31H36BNO5. The molecule has 0 saturated carbocycles. The predicted molar refractivity (Wildman–Crippen MR) is 150 cm³/mol. The number of benzene rings is 1. The molecule has 198 valence electrons. The fraction of sp³-hybridized carbons (Fsp3) is 0.452. The van der Waals surface area contributed by atoms with Crippen LogP contribution in [0.5, 0.6) is 5.75 Å². The Morgan fingerprint density at radius 3 is 2.50 bits per heavy atom. The largest absolute Gasteiger partial charge is 0.460 e. The van der Waals surface area contributed by atoms with Crippen molar-refractivity contribution in [3.63, 3.8) is 0 Å². The molecule has 2 radical (unpaired) electrons. The molecule has 4 rings (SSSR count). The molecular weight excluding hydrogens is 477 g/mol. The minimum atomic E-state index is -1.35.